The number of hydrogen-bond acceptors (Lipinski definition) is 5. The van der Waals surface area contributed by atoms with Gasteiger partial charge in [0.1, 0.15) is 12.6 Å². The standard InChI is InChI=1S/C15H24F2N4O3/c1-4-7-24-12(22)14(2,3)5-6-20-11-10(8-21(20)13(18)23)19-9-15(11,16)17/h4,10-11,19H,1,5-9H2,2-3H3,(H2,18,23). The summed E-state index contributed by atoms with van der Waals surface area (Å²) in [5, 5.41) is 5.14. The first kappa shape index (κ1) is 18.6. The molecule has 3 N–H and O–H groups in total. The van der Waals surface area contributed by atoms with Gasteiger partial charge in [-0.15, -0.1) is 0 Å². The molecule has 2 saturated heterocycles. The number of primary amides is 1. The van der Waals surface area contributed by atoms with Crippen molar-refractivity contribution in [3.05, 3.63) is 12.7 Å². The minimum absolute atomic E-state index is 0.0894. The smallest absolute Gasteiger partial charge is 0.329 e. The predicted molar refractivity (Wildman–Crippen MR) is 83.1 cm³/mol. The third kappa shape index (κ3) is 3.51. The molecule has 9 heteroatoms. The molecule has 0 aromatic carbocycles. The van der Waals surface area contributed by atoms with Crippen LogP contribution < -0.4 is 11.1 Å². The maximum atomic E-state index is 14.1. The molecule has 7 nitrogen and oxygen atoms in total. The predicted octanol–water partition coefficient (Wildman–Crippen LogP) is 0.719. The van der Waals surface area contributed by atoms with E-state index in [1.54, 1.807) is 13.8 Å². The number of hydrazine groups is 1. The number of nitrogens with one attached hydrogen (secondary N) is 1. The van der Waals surface area contributed by atoms with Gasteiger partial charge in [0.25, 0.3) is 5.92 Å². The molecule has 2 atom stereocenters. The van der Waals surface area contributed by atoms with Crippen LogP contribution in [0.5, 0.6) is 0 Å². The van der Waals surface area contributed by atoms with Crippen molar-refractivity contribution in [2.75, 3.05) is 26.2 Å². The normalized spacial score (nSPS) is 26.2. The van der Waals surface area contributed by atoms with Crippen molar-refractivity contribution in [1.82, 2.24) is 15.3 Å². The molecule has 0 bridgehead atoms. The fourth-order valence-electron chi connectivity index (χ4n) is 3.11. The Hall–Kier alpha value is -1.74. The first-order valence-corrected chi connectivity index (χ1v) is 7.83. The Balaban J connectivity index is 2.08. The van der Waals surface area contributed by atoms with Crippen LogP contribution in [0.2, 0.25) is 0 Å². The molecule has 24 heavy (non-hydrogen) atoms. The second-order valence-electron chi connectivity index (χ2n) is 6.80. The summed E-state index contributed by atoms with van der Waals surface area (Å²) in [5.74, 6) is -3.41. The molecule has 2 rings (SSSR count). The number of amides is 2. The summed E-state index contributed by atoms with van der Waals surface area (Å²) in [7, 11) is 0. The Labute approximate surface area is 139 Å². The van der Waals surface area contributed by atoms with Gasteiger partial charge >= 0.3 is 12.0 Å². The molecule has 0 radical (unpaired) electrons. The Morgan fingerprint density at radius 2 is 2.17 bits per heavy atom. The summed E-state index contributed by atoms with van der Waals surface area (Å²) < 4.78 is 33.3. The largest absolute Gasteiger partial charge is 0.461 e. The number of nitrogens with zero attached hydrogens (tertiary/aromatic N) is 2. The SMILES string of the molecule is C=CCOC(=O)C(C)(C)CCN1C2C(CN1C(N)=O)NCC2(F)F. The molecule has 2 aliphatic rings. The lowest BCUT2D eigenvalue weighted by molar-refractivity contribution is -0.154. The molecule has 0 aromatic heterocycles. The van der Waals surface area contributed by atoms with Gasteiger partial charge in [-0.3, -0.25) is 9.80 Å². The highest BCUT2D eigenvalue weighted by molar-refractivity contribution is 5.76. The van der Waals surface area contributed by atoms with E-state index in [0.29, 0.717) is 0 Å². The van der Waals surface area contributed by atoms with Crippen molar-refractivity contribution >= 4 is 12.0 Å². The van der Waals surface area contributed by atoms with E-state index in [9.17, 15) is 18.4 Å². The highest BCUT2D eigenvalue weighted by atomic mass is 19.3. The zero-order chi connectivity index (χ0) is 18.1. The van der Waals surface area contributed by atoms with E-state index < -0.39 is 42.0 Å². The summed E-state index contributed by atoms with van der Waals surface area (Å²) in [6.07, 6.45) is 1.70. The number of alkyl halides is 2. The Morgan fingerprint density at radius 3 is 2.75 bits per heavy atom. The van der Waals surface area contributed by atoms with Crippen molar-refractivity contribution in [3.8, 4) is 0 Å². The Bertz CT molecular complexity index is 527. The van der Waals surface area contributed by atoms with Gasteiger partial charge in [0.05, 0.1) is 18.5 Å². The lowest BCUT2D eigenvalue weighted by Crippen LogP contribution is -2.53. The van der Waals surface area contributed by atoms with Crippen molar-refractivity contribution in [1.29, 1.82) is 0 Å². The minimum Gasteiger partial charge on any atom is -0.461 e. The average Bonchev–Trinajstić information content (AvgIpc) is 3.01. The number of esters is 1. The van der Waals surface area contributed by atoms with E-state index in [2.05, 4.69) is 11.9 Å². The number of urea groups is 1. The third-order valence-corrected chi connectivity index (χ3v) is 4.52. The molecular weight excluding hydrogens is 322 g/mol. The van der Waals surface area contributed by atoms with Crippen LogP contribution in [0.4, 0.5) is 13.6 Å². The monoisotopic (exact) mass is 346 g/mol. The van der Waals surface area contributed by atoms with Gasteiger partial charge in [0, 0.05) is 12.6 Å². The Morgan fingerprint density at radius 1 is 1.50 bits per heavy atom. The van der Waals surface area contributed by atoms with E-state index in [-0.39, 0.29) is 26.1 Å². The minimum atomic E-state index is -2.97. The number of ether oxygens (including phenoxy) is 1. The van der Waals surface area contributed by atoms with E-state index in [0.717, 1.165) is 5.01 Å². The molecule has 0 aliphatic carbocycles. The summed E-state index contributed by atoms with van der Waals surface area (Å²) in [5.41, 5.74) is 4.43. The van der Waals surface area contributed by atoms with Crippen LogP contribution in [0.25, 0.3) is 0 Å². The van der Waals surface area contributed by atoms with E-state index >= 15 is 0 Å². The van der Waals surface area contributed by atoms with E-state index in [4.69, 9.17) is 10.5 Å². The fourth-order valence-corrected chi connectivity index (χ4v) is 3.11. The number of rotatable bonds is 6. The van der Waals surface area contributed by atoms with Gasteiger partial charge in [-0.25, -0.2) is 18.6 Å². The van der Waals surface area contributed by atoms with Gasteiger partial charge in [-0.05, 0) is 20.3 Å². The molecule has 2 heterocycles. The average molecular weight is 346 g/mol. The van der Waals surface area contributed by atoms with Crippen LogP contribution in [0.1, 0.15) is 20.3 Å². The van der Waals surface area contributed by atoms with Crippen molar-refractivity contribution in [2.45, 2.75) is 38.3 Å². The molecule has 0 saturated carbocycles. The second-order valence-corrected chi connectivity index (χ2v) is 6.80. The van der Waals surface area contributed by atoms with Gasteiger partial charge in [-0.1, -0.05) is 12.7 Å². The Kier molecular flexibility index (Phi) is 5.14. The maximum absolute atomic E-state index is 14.1. The molecule has 2 amide bonds. The number of fused-ring (bicyclic) bond motifs is 1. The molecule has 2 fully saturated rings. The van der Waals surface area contributed by atoms with Gasteiger partial charge in [0.2, 0.25) is 0 Å². The first-order chi connectivity index (χ1) is 11.1. The lowest BCUT2D eigenvalue weighted by atomic mass is 9.89. The number of carbonyl (C=O) groups excluding carboxylic acids is 2. The van der Waals surface area contributed by atoms with E-state index in [1.165, 1.54) is 11.1 Å². The topological polar surface area (TPSA) is 87.9 Å². The summed E-state index contributed by atoms with van der Waals surface area (Å²) >= 11 is 0. The highest BCUT2D eigenvalue weighted by Crippen LogP contribution is 2.37. The fraction of sp³-hybridized carbons (Fsp3) is 0.733. The zero-order valence-electron chi connectivity index (χ0n) is 13.9. The first-order valence-electron chi connectivity index (χ1n) is 7.83. The number of nitrogens with two attached hydrogens (primary N) is 1. The van der Waals surface area contributed by atoms with Crippen molar-refractivity contribution < 1.29 is 23.1 Å². The number of hydrogen-bond donors (Lipinski definition) is 2. The molecule has 136 valence electrons. The molecule has 0 aromatic rings. The molecule has 0 spiro atoms. The van der Waals surface area contributed by atoms with Crippen molar-refractivity contribution in [2.24, 2.45) is 11.1 Å². The molecular formula is C15H24F2N4O3. The summed E-state index contributed by atoms with van der Waals surface area (Å²) in [4.78, 5) is 23.6. The van der Waals surface area contributed by atoms with Crippen LogP contribution in [0.3, 0.4) is 0 Å². The van der Waals surface area contributed by atoms with Gasteiger partial charge < -0.3 is 15.8 Å². The van der Waals surface area contributed by atoms with E-state index in [1.807, 2.05) is 0 Å². The van der Waals surface area contributed by atoms with Crippen LogP contribution in [-0.2, 0) is 9.53 Å². The molecule has 2 unspecified atom stereocenters. The van der Waals surface area contributed by atoms with Gasteiger partial charge in [0.15, 0.2) is 0 Å². The highest BCUT2D eigenvalue weighted by Gasteiger charge is 2.59. The summed E-state index contributed by atoms with van der Waals surface area (Å²) in [6.45, 7) is 6.66. The van der Waals surface area contributed by atoms with Crippen molar-refractivity contribution in [3.63, 3.8) is 0 Å². The lowest BCUT2D eigenvalue weighted by Gasteiger charge is -2.35. The number of carbonyl (C=O) groups is 2. The molecule has 2 aliphatic heterocycles. The summed E-state index contributed by atoms with van der Waals surface area (Å²) in [6, 6.07) is -2.47. The van der Waals surface area contributed by atoms with Gasteiger partial charge in [-0.2, -0.15) is 0 Å². The maximum Gasteiger partial charge on any atom is 0.329 e. The van der Waals surface area contributed by atoms with Crippen LogP contribution >= 0.6 is 0 Å². The van der Waals surface area contributed by atoms with Crippen LogP contribution in [-0.4, -0.2) is 66.3 Å². The second kappa shape index (κ2) is 6.64. The zero-order valence-corrected chi connectivity index (χ0v) is 13.9. The van der Waals surface area contributed by atoms with Crippen LogP contribution in [0, 0.1) is 5.41 Å². The third-order valence-electron chi connectivity index (χ3n) is 4.52. The van der Waals surface area contributed by atoms with Crippen LogP contribution in [0.15, 0.2) is 12.7 Å². The quantitative estimate of drug-likeness (QED) is 0.547. The number of halogens is 2.